The molecule has 0 bridgehead atoms. The molecule has 0 spiro atoms. The number of benzene rings is 3. The SMILES string of the molecule is Cc1cc(C2CN(c3cccc4ccccc34)C2)cc(C)c1CN1CCC(C(=O)O)CC1.O=CO. The summed E-state index contributed by atoms with van der Waals surface area (Å²) < 4.78 is 0. The van der Waals surface area contributed by atoms with Crippen molar-refractivity contribution in [2.24, 2.45) is 5.92 Å². The Kier molecular flexibility index (Phi) is 7.71. The molecule has 3 aromatic rings. The molecule has 3 aromatic carbocycles. The molecule has 5 rings (SSSR count). The summed E-state index contributed by atoms with van der Waals surface area (Å²) >= 11 is 0. The van der Waals surface area contributed by atoms with Gasteiger partial charge in [-0.2, -0.15) is 0 Å². The van der Waals surface area contributed by atoms with Gasteiger partial charge in [0.25, 0.3) is 6.47 Å². The highest BCUT2D eigenvalue weighted by atomic mass is 16.4. The molecule has 2 heterocycles. The Morgan fingerprint density at radius 2 is 1.60 bits per heavy atom. The van der Waals surface area contributed by atoms with Crippen LogP contribution in [0.25, 0.3) is 10.8 Å². The first-order chi connectivity index (χ1) is 16.9. The van der Waals surface area contributed by atoms with E-state index in [-0.39, 0.29) is 12.4 Å². The lowest BCUT2D eigenvalue weighted by Gasteiger charge is -2.42. The zero-order valence-corrected chi connectivity index (χ0v) is 20.5. The summed E-state index contributed by atoms with van der Waals surface area (Å²) in [5.41, 5.74) is 6.93. The van der Waals surface area contributed by atoms with Gasteiger partial charge in [-0.15, -0.1) is 0 Å². The van der Waals surface area contributed by atoms with Crippen molar-refractivity contribution in [3.05, 3.63) is 76.9 Å². The van der Waals surface area contributed by atoms with Crippen LogP contribution in [0.2, 0.25) is 0 Å². The van der Waals surface area contributed by atoms with Crippen molar-refractivity contribution in [3.63, 3.8) is 0 Å². The van der Waals surface area contributed by atoms with Crippen LogP contribution in [-0.4, -0.2) is 53.7 Å². The van der Waals surface area contributed by atoms with Crippen LogP contribution in [0.5, 0.6) is 0 Å². The smallest absolute Gasteiger partial charge is 0.306 e. The average Bonchev–Trinajstić information content (AvgIpc) is 2.81. The van der Waals surface area contributed by atoms with Crippen LogP contribution in [0.1, 0.15) is 41.0 Å². The number of carboxylic acid groups (broad SMARTS) is 2. The van der Waals surface area contributed by atoms with Gasteiger partial charge in [0.05, 0.1) is 5.92 Å². The number of aryl methyl sites for hydroxylation is 2. The van der Waals surface area contributed by atoms with Crippen molar-refractivity contribution in [2.45, 2.75) is 39.2 Å². The van der Waals surface area contributed by atoms with Gasteiger partial charge < -0.3 is 15.1 Å². The van der Waals surface area contributed by atoms with E-state index in [9.17, 15) is 9.90 Å². The molecule has 2 aliphatic rings. The molecule has 35 heavy (non-hydrogen) atoms. The molecule has 2 N–H and O–H groups in total. The summed E-state index contributed by atoms with van der Waals surface area (Å²) in [6.45, 7) is 9.02. The van der Waals surface area contributed by atoms with Gasteiger partial charge in [-0.05, 0) is 73.5 Å². The van der Waals surface area contributed by atoms with Crippen LogP contribution in [0.3, 0.4) is 0 Å². The molecule has 0 atom stereocenters. The molecule has 6 heteroatoms. The van der Waals surface area contributed by atoms with Crippen molar-refractivity contribution in [2.75, 3.05) is 31.1 Å². The Labute approximate surface area is 206 Å². The van der Waals surface area contributed by atoms with Crippen LogP contribution in [0.15, 0.2) is 54.6 Å². The Bertz CT molecular complexity index is 1170. The quantitative estimate of drug-likeness (QED) is 0.503. The molecular weight excluding hydrogens is 440 g/mol. The molecule has 2 saturated heterocycles. The van der Waals surface area contributed by atoms with E-state index in [2.05, 4.69) is 78.2 Å². The topological polar surface area (TPSA) is 81.1 Å². The van der Waals surface area contributed by atoms with Gasteiger partial charge >= 0.3 is 5.97 Å². The fourth-order valence-corrected chi connectivity index (χ4v) is 5.44. The van der Waals surface area contributed by atoms with Gasteiger partial charge in [0.1, 0.15) is 0 Å². The van der Waals surface area contributed by atoms with E-state index in [4.69, 9.17) is 9.90 Å². The van der Waals surface area contributed by atoms with Gasteiger partial charge in [-0.3, -0.25) is 14.5 Å². The first-order valence-electron chi connectivity index (χ1n) is 12.3. The number of hydrogen-bond acceptors (Lipinski definition) is 4. The zero-order chi connectivity index (χ0) is 24.9. The second kappa shape index (κ2) is 10.9. The largest absolute Gasteiger partial charge is 0.483 e. The molecule has 0 aliphatic carbocycles. The van der Waals surface area contributed by atoms with Crippen LogP contribution >= 0.6 is 0 Å². The average molecular weight is 475 g/mol. The van der Waals surface area contributed by atoms with Crippen LogP contribution in [-0.2, 0) is 16.1 Å². The Balaban J connectivity index is 0.000000917. The molecule has 184 valence electrons. The summed E-state index contributed by atoms with van der Waals surface area (Å²) in [6, 6.07) is 20.0. The van der Waals surface area contributed by atoms with Crippen molar-refractivity contribution >= 4 is 28.9 Å². The lowest BCUT2D eigenvalue weighted by molar-refractivity contribution is -0.143. The normalized spacial score (nSPS) is 16.9. The minimum atomic E-state index is -0.639. The fraction of sp³-hybridized carbons (Fsp3) is 0.379. The number of piperidine rings is 1. The fourth-order valence-electron chi connectivity index (χ4n) is 5.44. The molecule has 2 aliphatic heterocycles. The van der Waals surface area contributed by atoms with Crippen LogP contribution in [0, 0.1) is 19.8 Å². The van der Waals surface area contributed by atoms with Crippen molar-refractivity contribution in [1.29, 1.82) is 0 Å². The number of carbonyl (C=O) groups is 2. The lowest BCUT2D eigenvalue weighted by atomic mass is 9.86. The Morgan fingerprint density at radius 3 is 2.23 bits per heavy atom. The minimum Gasteiger partial charge on any atom is -0.483 e. The standard InChI is InChI=1S/C28H32N2O2.CH2O2/c1-19-14-23(15-20(2)26(19)18-29-12-10-22(11-13-29)28(31)32)24-16-30(17-24)27-9-5-7-21-6-3-4-8-25(21)27;2-1-3/h3-9,14-15,22,24H,10-13,16-18H2,1-2H3,(H,31,32);1H,(H,2,3). The number of nitrogens with zero attached hydrogens (tertiary/aromatic N) is 2. The molecule has 0 aromatic heterocycles. The number of aliphatic carboxylic acids is 1. The van der Waals surface area contributed by atoms with Gasteiger partial charge in [0.2, 0.25) is 0 Å². The number of hydrogen-bond donors (Lipinski definition) is 2. The monoisotopic (exact) mass is 474 g/mol. The van der Waals surface area contributed by atoms with Gasteiger partial charge in [-0.25, -0.2) is 0 Å². The van der Waals surface area contributed by atoms with E-state index in [0.29, 0.717) is 5.92 Å². The minimum absolute atomic E-state index is 0.167. The van der Waals surface area contributed by atoms with E-state index in [1.54, 1.807) is 0 Å². The summed E-state index contributed by atoms with van der Waals surface area (Å²) in [5.74, 6) is -0.231. The Hall–Kier alpha value is -3.38. The number of carboxylic acids is 1. The Morgan fingerprint density at radius 1 is 1.00 bits per heavy atom. The predicted octanol–water partition coefficient (Wildman–Crippen LogP) is 5.06. The summed E-state index contributed by atoms with van der Waals surface area (Å²) in [4.78, 5) is 24.5. The highest BCUT2D eigenvalue weighted by Crippen LogP contribution is 2.37. The maximum absolute atomic E-state index is 11.2. The van der Waals surface area contributed by atoms with Gasteiger partial charge in [0.15, 0.2) is 0 Å². The van der Waals surface area contributed by atoms with Gasteiger partial charge in [0, 0.05) is 36.6 Å². The molecule has 0 amide bonds. The van der Waals surface area contributed by atoms with E-state index in [1.165, 1.54) is 38.7 Å². The molecule has 0 unspecified atom stereocenters. The maximum Gasteiger partial charge on any atom is 0.306 e. The molecule has 0 radical (unpaired) electrons. The molecular formula is C29H34N2O4. The second-order valence-corrected chi connectivity index (χ2v) is 9.73. The van der Waals surface area contributed by atoms with Crippen molar-refractivity contribution in [1.82, 2.24) is 4.90 Å². The maximum atomic E-state index is 11.2. The highest BCUT2D eigenvalue weighted by Gasteiger charge is 2.30. The first kappa shape index (κ1) is 24.7. The number of likely N-dealkylation sites (tertiary alicyclic amines) is 1. The van der Waals surface area contributed by atoms with Crippen molar-refractivity contribution in [3.8, 4) is 0 Å². The van der Waals surface area contributed by atoms with E-state index >= 15 is 0 Å². The zero-order valence-electron chi connectivity index (χ0n) is 20.5. The number of anilines is 1. The third kappa shape index (κ3) is 5.49. The van der Waals surface area contributed by atoms with E-state index < -0.39 is 5.97 Å². The van der Waals surface area contributed by atoms with E-state index in [0.717, 1.165) is 45.6 Å². The van der Waals surface area contributed by atoms with Crippen LogP contribution < -0.4 is 4.90 Å². The predicted molar refractivity (Wildman–Crippen MR) is 139 cm³/mol. The summed E-state index contributed by atoms with van der Waals surface area (Å²) in [6.07, 6.45) is 1.52. The first-order valence-corrected chi connectivity index (χ1v) is 12.3. The molecule has 0 saturated carbocycles. The summed E-state index contributed by atoms with van der Waals surface area (Å²) in [7, 11) is 0. The third-order valence-electron chi connectivity index (χ3n) is 7.50. The molecule has 6 nitrogen and oxygen atoms in total. The number of rotatable bonds is 5. The van der Waals surface area contributed by atoms with Crippen molar-refractivity contribution < 1.29 is 19.8 Å². The lowest BCUT2D eigenvalue weighted by Crippen LogP contribution is -2.45. The van der Waals surface area contributed by atoms with E-state index in [1.807, 2.05) is 0 Å². The van der Waals surface area contributed by atoms with Gasteiger partial charge in [-0.1, -0.05) is 48.5 Å². The van der Waals surface area contributed by atoms with Crippen LogP contribution in [0.4, 0.5) is 5.69 Å². The molecule has 2 fully saturated rings. The third-order valence-corrected chi connectivity index (χ3v) is 7.50. The number of fused-ring (bicyclic) bond motifs is 1. The summed E-state index contributed by atoms with van der Waals surface area (Å²) in [5, 5.41) is 18.8. The second-order valence-electron chi connectivity index (χ2n) is 9.73. The highest BCUT2D eigenvalue weighted by molar-refractivity contribution is 5.94.